The monoisotopic (exact) mass is 360 g/mol. The van der Waals surface area contributed by atoms with Gasteiger partial charge in [-0.25, -0.2) is 13.8 Å². The van der Waals surface area contributed by atoms with Gasteiger partial charge in [-0.1, -0.05) is 11.6 Å². The van der Waals surface area contributed by atoms with Crippen LogP contribution in [0.1, 0.15) is 15.9 Å². The van der Waals surface area contributed by atoms with Crippen molar-refractivity contribution in [1.82, 2.24) is 4.98 Å². The molecule has 0 radical (unpaired) electrons. The lowest BCUT2D eigenvalue weighted by Crippen LogP contribution is -2.15. The second-order valence-corrected chi connectivity index (χ2v) is 5.30. The topological polar surface area (TPSA) is 42.0 Å². The highest BCUT2D eigenvalue weighted by Gasteiger charge is 2.16. The van der Waals surface area contributed by atoms with Crippen LogP contribution in [-0.2, 0) is 0 Å². The number of nitrogens with one attached hydrogen (secondary N) is 1. The summed E-state index contributed by atoms with van der Waals surface area (Å²) in [6.45, 7) is 1.44. The summed E-state index contributed by atoms with van der Waals surface area (Å²) in [5, 5.41) is 2.50. The molecule has 104 valence electrons. The van der Waals surface area contributed by atoms with Crippen molar-refractivity contribution >= 4 is 39.1 Å². The van der Waals surface area contributed by atoms with E-state index in [2.05, 4.69) is 26.2 Å². The molecule has 0 unspecified atom stereocenters. The number of nitrogens with zero attached hydrogens (tertiary/aromatic N) is 1. The molecule has 1 N–H and O–H groups in total. The van der Waals surface area contributed by atoms with E-state index < -0.39 is 17.5 Å². The van der Waals surface area contributed by atoms with Crippen LogP contribution in [0.5, 0.6) is 0 Å². The van der Waals surface area contributed by atoms with E-state index in [1.165, 1.54) is 19.2 Å². The molecule has 3 nitrogen and oxygen atoms in total. The molecule has 0 aliphatic heterocycles. The summed E-state index contributed by atoms with van der Waals surface area (Å²) in [5.41, 5.74) is 0.141. The van der Waals surface area contributed by atoms with Crippen molar-refractivity contribution in [2.45, 2.75) is 6.92 Å². The molecule has 0 aliphatic carbocycles. The van der Waals surface area contributed by atoms with Crippen LogP contribution < -0.4 is 5.32 Å². The molecule has 2 aromatic rings. The molecular formula is C13H8BrClF2N2O. The highest BCUT2D eigenvalue weighted by Crippen LogP contribution is 2.24. The Bertz CT molecular complexity index is 694. The van der Waals surface area contributed by atoms with Crippen LogP contribution in [-0.4, -0.2) is 10.9 Å². The van der Waals surface area contributed by atoms with E-state index in [1.54, 1.807) is 0 Å². The van der Waals surface area contributed by atoms with Gasteiger partial charge in [0.25, 0.3) is 5.91 Å². The molecule has 1 amide bonds. The number of amides is 1. The average Bonchev–Trinajstić information content (AvgIpc) is 2.38. The van der Waals surface area contributed by atoms with E-state index in [0.29, 0.717) is 10.5 Å². The van der Waals surface area contributed by atoms with Gasteiger partial charge in [0.15, 0.2) is 5.15 Å². The van der Waals surface area contributed by atoms with Crippen molar-refractivity contribution in [3.8, 4) is 0 Å². The largest absolute Gasteiger partial charge is 0.319 e. The maximum absolute atomic E-state index is 13.6. The van der Waals surface area contributed by atoms with Crippen LogP contribution in [0.4, 0.5) is 14.5 Å². The van der Waals surface area contributed by atoms with Gasteiger partial charge < -0.3 is 5.32 Å². The number of hydrogen-bond donors (Lipinski definition) is 1. The maximum atomic E-state index is 13.6. The summed E-state index contributed by atoms with van der Waals surface area (Å²) < 4.78 is 27.4. The zero-order valence-corrected chi connectivity index (χ0v) is 12.5. The Labute approximate surface area is 127 Å². The number of pyridine rings is 1. The lowest BCUT2D eigenvalue weighted by Gasteiger charge is -2.09. The first-order valence-electron chi connectivity index (χ1n) is 5.46. The number of rotatable bonds is 2. The SMILES string of the molecule is Cc1cc(C(=O)Nc2cc(Br)cnc2Cl)c(F)cc1F. The van der Waals surface area contributed by atoms with Gasteiger partial charge in [-0.2, -0.15) is 0 Å². The van der Waals surface area contributed by atoms with Gasteiger partial charge in [-0.3, -0.25) is 4.79 Å². The van der Waals surface area contributed by atoms with Crippen LogP contribution >= 0.6 is 27.5 Å². The summed E-state index contributed by atoms with van der Waals surface area (Å²) in [5.74, 6) is -2.38. The molecule has 20 heavy (non-hydrogen) atoms. The van der Waals surface area contributed by atoms with Gasteiger partial charge in [0.2, 0.25) is 0 Å². The minimum Gasteiger partial charge on any atom is -0.319 e. The zero-order chi connectivity index (χ0) is 14.9. The summed E-state index contributed by atoms with van der Waals surface area (Å²) in [6, 6.07) is 3.34. The van der Waals surface area contributed by atoms with Gasteiger partial charge in [-0.05, 0) is 40.5 Å². The Balaban J connectivity index is 2.33. The molecule has 2 rings (SSSR count). The molecule has 0 aliphatic rings. The standard InChI is InChI=1S/C13H8BrClF2N2O/c1-6-2-8(10(17)4-9(6)16)13(20)19-11-3-7(14)5-18-12(11)15/h2-5H,1H3,(H,19,20). The van der Waals surface area contributed by atoms with Crippen molar-refractivity contribution in [2.24, 2.45) is 0 Å². The lowest BCUT2D eigenvalue weighted by molar-refractivity contribution is 0.102. The van der Waals surface area contributed by atoms with Crippen molar-refractivity contribution in [3.05, 3.63) is 56.8 Å². The van der Waals surface area contributed by atoms with Crippen LogP contribution in [0.2, 0.25) is 5.15 Å². The summed E-state index contributed by atoms with van der Waals surface area (Å²) >= 11 is 9.01. The number of anilines is 1. The smallest absolute Gasteiger partial charge is 0.258 e. The third kappa shape index (κ3) is 3.13. The molecule has 1 heterocycles. The van der Waals surface area contributed by atoms with E-state index in [4.69, 9.17) is 11.6 Å². The fourth-order valence-electron chi connectivity index (χ4n) is 1.53. The molecule has 0 spiro atoms. The number of hydrogen-bond acceptors (Lipinski definition) is 2. The third-order valence-electron chi connectivity index (χ3n) is 2.55. The molecule has 1 aromatic carbocycles. The molecule has 0 saturated heterocycles. The lowest BCUT2D eigenvalue weighted by atomic mass is 10.1. The van der Waals surface area contributed by atoms with E-state index in [1.807, 2.05) is 0 Å². The summed E-state index contributed by atoms with van der Waals surface area (Å²) in [6.07, 6.45) is 1.46. The second kappa shape index (κ2) is 5.85. The Morgan fingerprint density at radius 1 is 1.30 bits per heavy atom. The Morgan fingerprint density at radius 3 is 2.70 bits per heavy atom. The van der Waals surface area contributed by atoms with E-state index in [-0.39, 0.29) is 22.0 Å². The van der Waals surface area contributed by atoms with Crippen molar-refractivity contribution in [1.29, 1.82) is 0 Å². The molecule has 0 saturated carbocycles. The zero-order valence-electron chi connectivity index (χ0n) is 10.2. The number of aryl methyl sites for hydroxylation is 1. The predicted octanol–water partition coefficient (Wildman–Crippen LogP) is 4.34. The minimum absolute atomic E-state index is 0.0702. The fraction of sp³-hybridized carbons (Fsp3) is 0.0769. The van der Waals surface area contributed by atoms with E-state index in [0.717, 1.165) is 6.07 Å². The Hall–Kier alpha value is -1.53. The fourth-order valence-corrected chi connectivity index (χ4v) is 2.01. The molecule has 7 heteroatoms. The number of aromatic nitrogens is 1. The highest BCUT2D eigenvalue weighted by molar-refractivity contribution is 9.10. The molecule has 0 fully saturated rings. The normalized spacial score (nSPS) is 10.4. The van der Waals surface area contributed by atoms with Gasteiger partial charge >= 0.3 is 0 Å². The Morgan fingerprint density at radius 2 is 2.00 bits per heavy atom. The van der Waals surface area contributed by atoms with Crippen molar-refractivity contribution in [2.75, 3.05) is 5.32 Å². The third-order valence-corrected chi connectivity index (χ3v) is 3.28. The summed E-state index contributed by atoms with van der Waals surface area (Å²) in [7, 11) is 0. The molecular weight excluding hydrogens is 354 g/mol. The van der Waals surface area contributed by atoms with Gasteiger partial charge in [-0.15, -0.1) is 0 Å². The Kier molecular flexibility index (Phi) is 4.35. The second-order valence-electron chi connectivity index (χ2n) is 4.03. The number of carbonyl (C=O) groups excluding carboxylic acids is 1. The first-order chi connectivity index (χ1) is 9.38. The highest BCUT2D eigenvalue weighted by atomic mass is 79.9. The van der Waals surface area contributed by atoms with Gasteiger partial charge in [0.1, 0.15) is 11.6 Å². The first-order valence-corrected chi connectivity index (χ1v) is 6.63. The predicted molar refractivity (Wildman–Crippen MR) is 76.0 cm³/mol. The molecule has 0 bridgehead atoms. The number of carbonyl (C=O) groups is 1. The van der Waals surface area contributed by atoms with Crippen LogP contribution in [0.3, 0.4) is 0 Å². The first kappa shape index (κ1) is 14.9. The quantitative estimate of drug-likeness (QED) is 0.809. The van der Waals surface area contributed by atoms with Crippen LogP contribution in [0.25, 0.3) is 0 Å². The van der Waals surface area contributed by atoms with E-state index >= 15 is 0 Å². The van der Waals surface area contributed by atoms with Gasteiger partial charge in [0, 0.05) is 16.7 Å². The van der Waals surface area contributed by atoms with Gasteiger partial charge in [0.05, 0.1) is 11.3 Å². The minimum atomic E-state index is -0.940. The average molecular weight is 362 g/mol. The van der Waals surface area contributed by atoms with E-state index in [9.17, 15) is 13.6 Å². The number of halogens is 4. The van der Waals surface area contributed by atoms with Crippen molar-refractivity contribution in [3.63, 3.8) is 0 Å². The maximum Gasteiger partial charge on any atom is 0.258 e. The number of benzene rings is 1. The van der Waals surface area contributed by atoms with Crippen molar-refractivity contribution < 1.29 is 13.6 Å². The summed E-state index contributed by atoms with van der Waals surface area (Å²) in [4.78, 5) is 15.8. The molecule has 0 atom stereocenters. The molecule has 1 aromatic heterocycles. The van der Waals surface area contributed by atoms with Crippen LogP contribution in [0, 0.1) is 18.6 Å². The van der Waals surface area contributed by atoms with Crippen LogP contribution in [0.15, 0.2) is 28.9 Å².